The van der Waals surface area contributed by atoms with E-state index in [9.17, 15) is 9.59 Å². The van der Waals surface area contributed by atoms with E-state index >= 15 is 0 Å². The molecule has 1 aromatic carbocycles. The second-order valence-corrected chi connectivity index (χ2v) is 4.67. The first kappa shape index (κ1) is 15.8. The number of carbonyl (C=O) groups is 2. The van der Waals surface area contributed by atoms with Crippen LogP contribution in [0.4, 0.5) is 5.69 Å². The number of aliphatic carboxylic acids is 1. The number of carboxylic acid groups (broad SMARTS) is 1. The van der Waals surface area contributed by atoms with Crippen LogP contribution in [0.1, 0.15) is 27.7 Å². The van der Waals surface area contributed by atoms with E-state index in [2.05, 4.69) is 5.32 Å². The van der Waals surface area contributed by atoms with Gasteiger partial charge >= 0.3 is 5.97 Å². The van der Waals surface area contributed by atoms with Gasteiger partial charge in [-0.2, -0.15) is 0 Å². The number of carboxylic acids is 1. The predicted molar refractivity (Wildman–Crippen MR) is 76.8 cm³/mol. The van der Waals surface area contributed by atoms with E-state index in [0.717, 1.165) is 0 Å². The molecule has 0 unspecified atom stereocenters. The van der Waals surface area contributed by atoms with Crippen molar-refractivity contribution in [2.24, 2.45) is 0 Å². The van der Waals surface area contributed by atoms with Crippen LogP contribution in [0.25, 0.3) is 0 Å². The average Bonchev–Trinajstić information content (AvgIpc) is 2.38. The summed E-state index contributed by atoms with van der Waals surface area (Å²) in [5.74, 6) is -1.01. The summed E-state index contributed by atoms with van der Waals surface area (Å²) in [6, 6.07) is 7.03. The summed E-state index contributed by atoms with van der Waals surface area (Å²) in [7, 11) is 0. The summed E-state index contributed by atoms with van der Waals surface area (Å²) in [6.07, 6.45) is -0.0227. The van der Waals surface area contributed by atoms with Crippen LogP contribution in [0.5, 0.6) is 5.75 Å². The second-order valence-electron chi connectivity index (χ2n) is 4.67. The number of hydrogen-bond acceptors (Lipinski definition) is 3. The van der Waals surface area contributed by atoms with E-state index < -0.39 is 11.9 Å². The molecule has 108 valence electrons. The van der Waals surface area contributed by atoms with E-state index in [4.69, 9.17) is 9.84 Å². The molecule has 2 N–H and O–H groups in total. The van der Waals surface area contributed by atoms with E-state index in [1.54, 1.807) is 24.3 Å². The molecule has 0 aliphatic carbocycles. The Morgan fingerprint density at radius 2 is 1.75 bits per heavy atom. The largest absolute Gasteiger partial charge is 0.489 e. The molecule has 5 nitrogen and oxygen atoms in total. The van der Waals surface area contributed by atoms with Crippen LogP contribution < -0.4 is 10.1 Å². The number of anilines is 1. The van der Waals surface area contributed by atoms with Crippen LogP contribution in [-0.4, -0.2) is 23.1 Å². The van der Waals surface area contributed by atoms with Crippen LogP contribution in [0.3, 0.4) is 0 Å². The van der Waals surface area contributed by atoms with Gasteiger partial charge in [-0.1, -0.05) is 12.1 Å². The second kappa shape index (κ2) is 6.75. The minimum Gasteiger partial charge on any atom is -0.489 e. The highest BCUT2D eigenvalue weighted by Crippen LogP contribution is 2.25. The third kappa shape index (κ3) is 4.12. The van der Waals surface area contributed by atoms with Crippen molar-refractivity contribution in [3.8, 4) is 5.75 Å². The van der Waals surface area contributed by atoms with Gasteiger partial charge in [0.2, 0.25) is 0 Å². The molecular formula is C15H19NO4. The van der Waals surface area contributed by atoms with Crippen LogP contribution in [-0.2, 0) is 9.59 Å². The summed E-state index contributed by atoms with van der Waals surface area (Å²) in [4.78, 5) is 22.9. The van der Waals surface area contributed by atoms with Crippen molar-refractivity contribution in [1.29, 1.82) is 0 Å². The lowest BCUT2D eigenvalue weighted by Gasteiger charge is -2.15. The van der Waals surface area contributed by atoms with Gasteiger partial charge in [0.15, 0.2) is 0 Å². The van der Waals surface area contributed by atoms with Crippen molar-refractivity contribution in [3.63, 3.8) is 0 Å². The monoisotopic (exact) mass is 277 g/mol. The smallest absolute Gasteiger partial charge is 0.331 e. The molecule has 0 radical (unpaired) electrons. The number of para-hydroxylation sites is 2. The number of amides is 1. The molecule has 0 aliphatic heterocycles. The quantitative estimate of drug-likeness (QED) is 0.811. The fraction of sp³-hybridized carbons (Fsp3) is 0.333. The molecule has 0 aromatic heterocycles. The van der Waals surface area contributed by atoms with E-state index in [1.807, 2.05) is 13.8 Å². The number of ether oxygens (including phenoxy) is 1. The fourth-order valence-corrected chi connectivity index (χ4v) is 1.47. The Labute approximate surface area is 118 Å². The Balaban J connectivity index is 2.97. The van der Waals surface area contributed by atoms with Gasteiger partial charge in [0.05, 0.1) is 11.8 Å². The highest BCUT2D eigenvalue weighted by Gasteiger charge is 2.14. The number of nitrogens with one attached hydrogen (secondary N) is 1. The summed E-state index contributed by atoms with van der Waals surface area (Å²) >= 11 is 0. The van der Waals surface area contributed by atoms with Crippen LogP contribution in [0.15, 0.2) is 35.4 Å². The predicted octanol–water partition coefficient (Wildman–Crippen LogP) is 2.83. The Morgan fingerprint density at radius 1 is 1.15 bits per heavy atom. The standard InChI is InChI=1S/C15H19NO4/c1-9(2)20-13-8-6-5-7-12(13)16-14(17)10(3)11(4)15(18)19/h5-9H,1-4H3,(H,16,17)(H,18,19)/b11-10-. The maximum Gasteiger partial charge on any atom is 0.331 e. The van der Waals surface area contributed by atoms with Crippen molar-refractivity contribution in [2.45, 2.75) is 33.8 Å². The average molecular weight is 277 g/mol. The minimum absolute atomic E-state index is 0.0183. The third-order valence-corrected chi connectivity index (χ3v) is 2.72. The maximum absolute atomic E-state index is 12.0. The van der Waals surface area contributed by atoms with Crippen molar-refractivity contribution in [1.82, 2.24) is 0 Å². The first-order valence-electron chi connectivity index (χ1n) is 6.30. The maximum atomic E-state index is 12.0. The van der Waals surface area contributed by atoms with Gasteiger partial charge in [0.25, 0.3) is 5.91 Å². The molecule has 1 amide bonds. The van der Waals surface area contributed by atoms with Crippen molar-refractivity contribution in [3.05, 3.63) is 35.4 Å². The van der Waals surface area contributed by atoms with Crippen LogP contribution in [0.2, 0.25) is 0 Å². The highest BCUT2D eigenvalue weighted by atomic mass is 16.5. The number of benzene rings is 1. The molecule has 5 heteroatoms. The van der Waals surface area contributed by atoms with E-state index in [0.29, 0.717) is 11.4 Å². The van der Waals surface area contributed by atoms with Crippen LogP contribution in [0, 0.1) is 0 Å². The van der Waals surface area contributed by atoms with E-state index in [-0.39, 0.29) is 17.3 Å². The zero-order chi connectivity index (χ0) is 15.3. The van der Waals surface area contributed by atoms with Gasteiger partial charge < -0.3 is 15.2 Å². The number of rotatable bonds is 5. The first-order chi connectivity index (χ1) is 9.32. The van der Waals surface area contributed by atoms with Crippen molar-refractivity contribution < 1.29 is 19.4 Å². The third-order valence-electron chi connectivity index (χ3n) is 2.72. The molecule has 1 rings (SSSR count). The molecule has 0 saturated carbocycles. The zero-order valence-corrected chi connectivity index (χ0v) is 12.1. The fourth-order valence-electron chi connectivity index (χ4n) is 1.47. The molecule has 20 heavy (non-hydrogen) atoms. The lowest BCUT2D eigenvalue weighted by molar-refractivity contribution is -0.133. The summed E-state index contributed by atoms with van der Waals surface area (Å²) < 4.78 is 5.59. The van der Waals surface area contributed by atoms with Crippen molar-refractivity contribution >= 4 is 17.6 Å². The molecule has 0 aliphatic rings. The first-order valence-corrected chi connectivity index (χ1v) is 6.30. The Bertz CT molecular complexity index is 547. The Hall–Kier alpha value is -2.30. The molecule has 0 bridgehead atoms. The normalized spacial score (nSPS) is 11.8. The highest BCUT2D eigenvalue weighted by molar-refractivity contribution is 6.08. The topological polar surface area (TPSA) is 75.6 Å². The molecule has 0 saturated heterocycles. The molecule has 0 spiro atoms. The summed E-state index contributed by atoms with van der Waals surface area (Å²) in [5, 5.41) is 11.5. The Kier molecular flexibility index (Phi) is 5.32. The summed E-state index contributed by atoms with van der Waals surface area (Å²) in [5.41, 5.74) is 0.699. The molecule has 0 heterocycles. The van der Waals surface area contributed by atoms with Gasteiger partial charge in [-0.25, -0.2) is 4.79 Å². The van der Waals surface area contributed by atoms with E-state index in [1.165, 1.54) is 13.8 Å². The minimum atomic E-state index is -1.11. The van der Waals surface area contributed by atoms with Gasteiger partial charge in [0.1, 0.15) is 5.75 Å². The molecule has 0 atom stereocenters. The number of carbonyl (C=O) groups excluding carboxylic acids is 1. The number of hydrogen-bond donors (Lipinski definition) is 2. The van der Waals surface area contributed by atoms with Gasteiger partial charge in [-0.3, -0.25) is 4.79 Å². The van der Waals surface area contributed by atoms with Crippen LogP contribution >= 0.6 is 0 Å². The van der Waals surface area contributed by atoms with Gasteiger partial charge in [-0.15, -0.1) is 0 Å². The Morgan fingerprint density at radius 3 is 2.30 bits per heavy atom. The molecular weight excluding hydrogens is 258 g/mol. The SMILES string of the molecule is C/C(C(=O)O)=C(\C)C(=O)Nc1ccccc1OC(C)C. The molecule has 1 aromatic rings. The lowest BCUT2D eigenvalue weighted by Crippen LogP contribution is -2.17. The lowest BCUT2D eigenvalue weighted by atomic mass is 10.1. The zero-order valence-electron chi connectivity index (χ0n) is 12.1. The van der Waals surface area contributed by atoms with Crippen molar-refractivity contribution in [2.75, 3.05) is 5.32 Å². The summed E-state index contributed by atoms with van der Waals surface area (Å²) in [6.45, 7) is 6.65. The molecule has 0 fully saturated rings. The van der Waals surface area contributed by atoms with Gasteiger partial charge in [0, 0.05) is 11.1 Å². The van der Waals surface area contributed by atoms with Gasteiger partial charge in [-0.05, 0) is 39.8 Å².